The van der Waals surface area contributed by atoms with Gasteiger partial charge in [0.2, 0.25) is 0 Å². The van der Waals surface area contributed by atoms with E-state index in [0.717, 1.165) is 19.3 Å². The van der Waals surface area contributed by atoms with Crippen LogP contribution in [-0.4, -0.2) is 10.7 Å². The monoisotopic (exact) mass is 206 g/mol. The Bertz CT molecular complexity index is 262. The summed E-state index contributed by atoms with van der Waals surface area (Å²) < 4.78 is 0. The fourth-order valence-corrected chi connectivity index (χ4v) is 1.74. The van der Waals surface area contributed by atoms with Crippen molar-refractivity contribution in [2.24, 2.45) is 0 Å². The van der Waals surface area contributed by atoms with E-state index in [0.29, 0.717) is 0 Å². The van der Waals surface area contributed by atoms with Gasteiger partial charge in [0.05, 0.1) is 5.60 Å². The minimum Gasteiger partial charge on any atom is -0.390 e. The lowest BCUT2D eigenvalue weighted by molar-refractivity contribution is -0.0322. The first-order valence-electron chi connectivity index (χ1n) is 5.96. The van der Waals surface area contributed by atoms with Crippen LogP contribution in [0.3, 0.4) is 0 Å². The second-order valence-electron chi connectivity index (χ2n) is 4.45. The molecule has 1 aliphatic rings. The zero-order chi connectivity index (χ0) is 11.1. The molecule has 0 atom stereocenters. The maximum atomic E-state index is 9.86. The summed E-state index contributed by atoms with van der Waals surface area (Å²) in [6, 6.07) is 10.2. The molecule has 84 valence electrons. The third-order valence-electron chi connectivity index (χ3n) is 2.66. The van der Waals surface area contributed by atoms with Crippen LogP contribution >= 0.6 is 0 Å². The van der Waals surface area contributed by atoms with Gasteiger partial charge in [-0.25, -0.2) is 0 Å². The van der Waals surface area contributed by atoms with Crippen LogP contribution in [-0.2, 0) is 6.42 Å². The van der Waals surface area contributed by atoms with E-state index >= 15 is 0 Å². The number of hydrogen-bond donors (Lipinski definition) is 1. The van der Waals surface area contributed by atoms with E-state index in [-0.39, 0.29) is 5.60 Å². The van der Waals surface area contributed by atoms with Crippen molar-refractivity contribution >= 4 is 0 Å². The number of rotatable bonds is 2. The standard InChI is InChI=1S/C11H14O.C3H8/c12-11(7-4-8-11)9-10-5-2-1-3-6-10;1-3-2/h1-3,5-6,12H,4,7-9H2;3H2,1-2H3. The maximum Gasteiger partial charge on any atom is 0.0688 e. The molecule has 1 aliphatic carbocycles. The molecule has 2 rings (SSSR count). The van der Waals surface area contributed by atoms with Crippen LogP contribution in [0.5, 0.6) is 0 Å². The Morgan fingerprint density at radius 1 is 1.13 bits per heavy atom. The van der Waals surface area contributed by atoms with Crippen LogP contribution in [0.15, 0.2) is 30.3 Å². The van der Waals surface area contributed by atoms with Gasteiger partial charge in [0.1, 0.15) is 0 Å². The quantitative estimate of drug-likeness (QED) is 0.784. The summed E-state index contributed by atoms with van der Waals surface area (Å²) in [6.45, 7) is 4.25. The molecule has 0 aromatic heterocycles. The maximum absolute atomic E-state index is 9.86. The SMILES string of the molecule is CCC.OC1(Cc2ccccc2)CCC1. The normalized spacial score (nSPS) is 17.3. The molecule has 1 aromatic carbocycles. The smallest absolute Gasteiger partial charge is 0.0688 e. The molecule has 0 saturated heterocycles. The van der Waals surface area contributed by atoms with Gasteiger partial charge in [-0.3, -0.25) is 0 Å². The van der Waals surface area contributed by atoms with Gasteiger partial charge in [-0.05, 0) is 24.8 Å². The zero-order valence-corrected chi connectivity index (χ0v) is 9.87. The molecule has 0 radical (unpaired) electrons. The van der Waals surface area contributed by atoms with E-state index in [1.54, 1.807) is 0 Å². The van der Waals surface area contributed by atoms with Gasteiger partial charge < -0.3 is 5.11 Å². The van der Waals surface area contributed by atoms with Gasteiger partial charge >= 0.3 is 0 Å². The van der Waals surface area contributed by atoms with Crippen molar-refractivity contribution in [3.63, 3.8) is 0 Å². The van der Waals surface area contributed by atoms with Crippen LogP contribution in [0, 0.1) is 0 Å². The van der Waals surface area contributed by atoms with Crippen LogP contribution in [0.4, 0.5) is 0 Å². The molecule has 1 fully saturated rings. The lowest BCUT2D eigenvalue weighted by atomic mass is 9.76. The highest BCUT2D eigenvalue weighted by Crippen LogP contribution is 2.34. The first-order valence-corrected chi connectivity index (χ1v) is 5.96. The van der Waals surface area contributed by atoms with Crippen molar-refractivity contribution in [1.29, 1.82) is 0 Å². The second-order valence-corrected chi connectivity index (χ2v) is 4.45. The topological polar surface area (TPSA) is 20.2 Å². The van der Waals surface area contributed by atoms with Crippen LogP contribution in [0.25, 0.3) is 0 Å². The summed E-state index contributed by atoms with van der Waals surface area (Å²) in [5.41, 5.74) is 0.876. The van der Waals surface area contributed by atoms with Gasteiger partial charge in [-0.2, -0.15) is 0 Å². The molecule has 1 N–H and O–H groups in total. The first kappa shape index (κ1) is 12.3. The van der Waals surface area contributed by atoms with E-state index in [4.69, 9.17) is 0 Å². The number of benzene rings is 1. The summed E-state index contributed by atoms with van der Waals surface area (Å²) in [5, 5.41) is 9.86. The predicted octanol–water partition coefficient (Wildman–Crippen LogP) is 3.56. The molecule has 1 saturated carbocycles. The minimum absolute atomic E-state index is 0.374. The molecule has 1 nitrogen and oxygen atoms in total. The predicted molar refractivity (Wildman–Crippen MR) is 64.9 cm³/mol. The van der Waals surface area contributed by atoms with Crippen molar-refractivity contribution in [3.05, 3.63) is 35.9 Å². The second kappa shape index (κ2) is 5.92. The van der Waals surface area contributed by atoms with E-state index < -0.39 is 0 Å². The largest absolute Gasteiger partial charge is 0.390 e. The van der Waals surface area contributed by atoms with Crippen molar-refractivity contribution in [2.45, 2.75) is 51.6 Å². The summed E-state index contributed by atoms with van der Waals surface area (Å²) >= 11 is 0. The molecule has 1 aromatic rings. The third-order valence-corrected chi connectivity index (χ3v) is 2.66. The highest BCUT2D eigenvalue weighted by molar-refractivity contribution is 5.17. The zero-order valence-electron chi connectivity index (χ0n) is 9.87. The highest BCUT2D eigenvalue weighted by Gasteiger charge is 2.33. The van der Waals surface area contributed by atoms with Crippen LogP contribution < -0.4 is 0 Å². The summed E-state index contributed by atoms with van der Waals surface area (Å²) in [7, 11) is 0. The molecule has 15 heavy (non-hydrogen) atoms. The molecular formula is C14H22O. The molecule has 0 amide bonds. The van der Waals surface area contributed by atoms with E-state index in [1.165, 1.54) is 18.4 Å². The van der Waals surface area contributed by atoms with E-state index in [9.17, 15) is 5.11 Å². The molecule has 0 spiro atoms. The molecule has 0 bridgehead atoms. The third kappa shape index (κ3) is 4.05. The average Bonchev–Trinajstić information content (AvgIpc) is 2.18. The molecule has 0 unspecified atom stereocenters. The van der Waals surface area contributed by atoms with Crippen LogP contribution in [0.1, 0.15) is 45.1 Å². The molecule has 1 heteroatoms. The molecular weight excluding hydrogens is 184 g/mol. The minimum atomic E-state index is -0.374. The fourth-order valence-electron chi connectivity index (χ4n) is 1.74. The van der Waals surface area contributed by atoms with E-state index in [1.807, 2.05) is 18.2 Å². The van der Waals surface area contributed by atoms with Crippen molar-refractivity contribution in [2.75, 3.05) is 0 Å². The Morgan fingerprint density at radius 2 is 1.67 bits per heavy atom. The Hall–Kier alpha value is -0.820. The molecule has 0 aliphatic heterocycles. The van der Waals surface area contributed by atoms with Crippen LogP contribution in [0.2, 0.25) is 0 Å². The Morgan fingerprint density at radius 3 is 2.07 bits per heavy atom. The first-order chi connectivity index (χ1) is 7.20. The highest BCUT2D eigenvalue weighted by atomic mass is 16.3. The lowest BCUT2D eigenvalue weighted by Gasteiger charge is -2.36. The fraction of sp³-hybridized carbons (Fsp3) is 0.571. The molecule has 0 heterocycles. The van der Waals surface area contributed by atoms with Crippen molar-refractivity contribution < 1.29 is 5.11 Å². The lowest BCUT2D eigenvalue weighted by Crippen LogP contribution is -2.38. The number of hydrogen-bond acceptors (Lipinski definition) is 1. The van der Waals surface area contributed by atoms with Gasteiger partial charge in [-0.15, -0.1) is 0 Å². The Kier molecular flexibility index (Phi) is 4.83. The van der Waals surface area contributed by atoms with Gasteiger partial charge in [0.15, 0.2) is 0 Å². The summed E-state index contributed by atoms with van der Waals surface area (Å²) in [6.07, 6.45) is 5.21. The average molecular weight is 206 g/mol. The van der Waals surface area contributed by atoms with Gasteiger partial charge in [0.25, 0.3) is 0 Å². The number of aliphatic hydroxyl groups is 1. The van der Waals surface area contributed by atoms with E-state index in [2.05, 4.69) is 26.0 Å². The summed E-state index contributed by atoms with van der Waals surface area (Å²) in [4.78, 5) is 0. The Balaban J connectivity index is 0.000000337. The van der Waals surface area contributed by atoms with Crippen molar-refractivity contribution in [3.8, 4) is 0 Å². The van der Waals surface area contributed by atoms with Crippen molar-refractivity contribution in [1.82, 2.24) is 0 Å². The van der Waals surface area contributed by atoms with Gasteiger partial charge in [-0.1, -0.05) is 50.6 Å². The van der Waals surface area contributed by atoms with Gasteiger partial charge in [0, 0.05) is 6.42 Å². The summed E-state index contributed by atoms with van der Waals surface area (Å²) in [5.74, 6) is 0. The Labute approximate surface area is 93.1 Å².